The Morgan fingerprint density at radius 3 is 2.67 bits per heavy atom. The summed E-state index contributed by atoms with van der Waals surface area (Å²) >= 11 is 6.32. The van der Waals surface area contributed by atoms with Crippen LogP contribution in [0.5, 0.6) is 0 Å². The number of carbonyl (C=O) groups excluding carboxylic acids is 2. The molecule has 0 radical (unpaired) electrons. The molecule has 1 aliphatic carbocycles. The van der Waals surface area contributed by atoms with Crippen molar-refractivity contribution in [2.24, 2.45) is 0 Å². The van der Waals surface area contributed by atoms with E-state index in [4.69, 9.17) is 11.6 Å². The first-order valence-corrected chi connectivity index (χ1v) is 7.56. The monoisotopic (exact) mass is 308 g/mol. The van der Waals surface area contributed by atoms with Gasteiger partial charge in [-0.05, 0) is 25.0 Å². The van der Waals surface area contributed by atoms with Crippen LogP contribution in [0.15, 0.2) is 12.1 Å². The number of hydrogen-bond donors (Lipinski definition) is 2. The highest BCUT2D eigenvalue weighted by molar-refractivity contribution is 6.52. The molecule has 5 nitrogen and oxygen atoms in total. The Balaban J connectivity index is 1.99. The zero-order chi connectivity index (χ0) is 15.0. The van der Waals surface area contributed by atoms with Gasteiger partial charge in [0.15, 0.2) is 0 Å². The second kappa shape index (κ2) is 5.66. The predicted octanol–water partition coefficient (Wildman–Crippen LogP) is 2.22. The van der Waals surface area contributed by atoms with Crippen LogP contribution in [0, 0.1) is 0 Å². The van der Waals surface area contributed by atoms with Crippen molar-refractivity contribution >= 4 is 34.7 Å². The number of Topliss-reactive ketones (excluding diaryl/α,β-unsaturated/α-hetero) is 1. The Labute approximate surface area is 127 Å². The number of aliphatic hydroxyl groups excluding tert-OH is 1. The minimum absolute atomic E-state index is 0.0369. The zero-order valence-electron chi connectivity index (χ0n) is 11.6. The predicted molar refractivity (Wildman–Crippen MR) is 81.1 cm³/mol. The number of aliphatic hydroxyl groups is 1. The van der Waals surface area contributed by atoms with E-state index in [1.54, 1.807) is 12.1 Å². The highest BCUT2D eigenvalue weighted by atomic mass is 35.5. The average molecular weight is 309 g/mol. The van der Waals surface area contributed by atoms with Gasteiger partial charge in [-0.1, -0.05) is 24.4 Å². The van der Waals surface area contributed by atoms with E-state index in [1.165, 1.54) is 12.8 Å². The maximum atomic E-state index is 11.7. The first kappa shape index (κ1) is 14.4. The topological polar surface area (TPSA) is 69.6 Å². The molecule has 1 aromatic carbocycles. The molecular formula is C15H17ClN2O3. The van der Waals surface area contributed by atoms with Crippen LogP contribution < -0.4 is 10.2 Å². The molecule has 2 aliphatic rings. The van der Waals surface area contributed by atoms with Crippen LogP contribution in [0.25, 0.3) is 0 Å². The lowest BCUT2D eigenvalue weighted by atomic mass is 10.1. The van der Waals surface area contributed by atoms with Crippen molar-refractivity contribution < 1.29 is 14.7 Å². The van der Waals surface area contributed by atoms with Gasteiger partial charge in [-0.25, -0.2) is 0 Å². The van der Waals surface area contributed by atoms with Gasteiger partial charge in [0, 0.05) is 12.6 Å². The van der Waals surface area contributed by atoms with Crippen molar-refractivity contribution in [3.05, 3.63) is 22.7 Å². The van der Waals surface area contributed by atoms with Gasteiger partial charge in [-0.3, -0.25) is 9.59 Å². The number of ketones is 1. The number of anilines is 2. The SMILES string of the molecule is O=C1Nc2cc(N(CCO)C3CCCC3)c(Cl)cc2C1=O. The van der Waals surface area contributed by atoms with E-state index in [1.807, 2.05) is 0 Å². The first-order chi connectivity index (χ1) is 10.1. The molecule has 1 heterocycles. The fraction of sp³-hybridized carbons (Fsp3) is 0.467. The number of nitrogens with zero attached hydrogens (tertiary/aromatic N) is 1. The first-order valence-electron chi connectivity index (χ1n) is 7.18. The van der Waals surface area contributed by atoms with Crippen molar-refractivity contribution in [3.63, 3.8) is 0 Å². The molecule has 21 heavy (non-hydrogen) atoms. The van der Waals surface area contributed by atoms with Gasteiger partial charge in [0.1, 0.15) is 0 Å². The second-order valence-electron chi connectivity index (χ2n) is 5.49. The van der Waals surface area contributed by atoms with E-state index in [0.29, 0.717) is 28.9 Å². The number of fused-ring (bicyclic) bond motifs is 1. The zero-order valence-corrected chi connectivity index (χ0v) is 12.3. The molecule has 1 aromatic rings. The summed E-state index contributed by atoms with van der Waals surface area (Å²) in [6, 6.07) is 3.64. The Bertz CT molecular complexity index is 597. The number of rotatable bonds is 4. The molecule has 0 bridgehead atoms. The Kier molecular flexibility index (Phi) is 3.87. The number of nitrogens with one attached hydrogen (secondary N) is 1. The summed E-state index contributed by atoms with van der Waals surface area (Å²) in [7, 11) is 0. The lowest BCUT2D eigenvalue weighted by Gasteiger charge is -2.31. The molecule has 1 saturated carbocycles. The lowest BCUT2D eigenvalue weighted by molar-refractivity contribution is -0.112. The van der Waals surface area contributed by atoms with Gasteiger partial charge in [0.25, 0.3) is 11.7 Å². The van der Waals surface area contributed by atoms with Crippen LogP contribution in [0.3, 0.4) is 0 Å². The van der Waals surface area contributed by atoms with Gasteiger partial charge in [-0.2, -0.15) is 0 Å². The Morgan fingerprint density at radius 1 is 1.29 bits per heavy atom. The Morgan fingerprint density at radius 2 is 2.00 bits per heavy atom. The third-order valence-electron chi connectivity index (χ3n) is 4.20. The van der Waals surface area contributed by atoms with Gasteiger partial charge >= 0.3 is 0 Å². The van der Waals surface area contributed by atoms with Crippen LogP contribution in [-0.2, 0) is 4.79 Å². The van der Waals surface area contributed by atoms with Crippen LogP contribution in [0.4, 0.5) is 11.4 Å². The quantitative estimate of drug-likeness (QED) is 0.837. The van der Waals surface area contributed by atoms with E-state index >= 15 is 0 Å². The maximum absolute atomic E-state index is 11.7. The fourth-order valence-electron chi connectivity index (χ4n) is 3.20. The van der Waals surface area contributed by atoms with E-state index in [2.05, 4.69) is 10.2 Å². The summed E-state index contributed by atoms with van der Waals surface area (Å²) in [5, 5.41) is 12.3. The average Bonchev–Trinajstić information content (AvgIpc) is 3.07. The lowest BCUT2D eigenvalue weighted by Crippen LogP contribution is -2.35. The summed E-state index contributed by atoms with van der Waals surface area (Å²) in [4.78, 5) is 25.2. The molecule has 0 spiro atoms. The van der Waals surface area contributed by atoms with Crippen LogP contribution >= 0.6 is 11.6 Å². The minimum Gasteiger partial charge on any atom is -0.395 e. The summed E-state index contributed by atoms with van der Waals surface area (Å²) in [6.07, 6.45) is 4.48. The van der Waals surface area contributed by atoms with Crippen molar-refractivity contribution in [2.75, 3.05) is 23.4 Å². The number of amides is 1. The summed E-state index contributed by atoms with van der Waals surface area (Å²) in [5.41, 5.74) is 1.60. The van der Waals surface area contributed by atoms with Crippen molar-refractivity contribution in [2.45, 2.75) is 31.7 Å². The third kappa shape index (κ3) is 2.51. The number of halogens is 1. The number of hydrogen-bond acceptors (Lipinski definition) is 4. The van der Waals surface area contributed by atoms with Crippen LogP contribution in [-0.4, -0.2) is 36.0 Å². The largest absolute Gasteiger partial charge is 0.395 e. The molecule has 0 unspecified atom stereocenters. The summed E-state index contributed by atoms with van der Waals surface area (Å²) in [5.74, 6) is -1.17. The van der Waals surface area contributed by atoms with E-state index in [0.717, 1.165) is 18.5 Å². The molecule has 0 atom stereocenters. The molecule has 6 heteroatoms. The molecule has 1 aliphatic heterocycles. The fourth-order valence-corrected chi connectivity index (χ4v) is 3.47. The van der Waals surface area contributed by atoms with Crippen molar-refractivity contribution in [3.8, 4) is 0 Å². The molecule has 112 valence electrons. The highest BCUT2D eigenvalue weighted by Gasteiger charge is 2.31. The molecular weight excluding hydrogens is 292 g/mol. The normalized spacial score (nSPS) is 18.0. The van der Waals surface area contributed by atoms with Gasteiger partial charge in [-0.15, -0.1) is 0 Å². The summed E-state index contributed by atoms with van der Waals surface area (Å²) in [6.45, 7) is 0.528. The molecule has 3 rings (SSSR count). The maximum Gasteiger partial charge on any atom is 0.296 e. The van der Waals surface area contributed by atoms with E-state index < -0.39 is 11.7 Å². The van der Waals surface area contributed by atoms with Gasteiger partial charge < -0.3 is 15.3 Å². The number of carbonyl (C=O) groups is 2. The molecule has 1 amide bonds. The van der Waals surface area contributed by atoms with E-state index in [-0.39, 0.29) is 6.61 Å². The molecule has 2 N–H and O–H groups in total. The van der Waals surface area contributed by atoms with Gasteiger partial charge in [0.05, 0.1) is 28.6 Å². The standard InChI is InChI=1S/C15H17ClN2O3/c16-11-7-10-12(17-15(21)14(10)20)8-13(11)18(5-6-19)9-3-1-2-4-9/h7-9,19H,1-6H2,(H,17,20,21). The Hall–Kier alpha value is -1.59. The number of benzene rings is 1. The minimum atomic E-state index is -0.618. The molecule has 0 saturated heterocycles. The van der Waals surface area contributed by atoms with E-state index in [9.17, 15) is 14.7 Å². The van der Waals surface area contributed by atoms with Crippen LogP contribution in [0.2, 0.25) is 5.02 Å². The smallest absolute Gasteiger partial charge is 0.296 e. The molecule has 1 fully saturated rings. The van der Waals surface area contributed by atoms with Crippen molar-refractivity contribution in [1.29, 1.82) is 0 Å². The van der Waals surface area contributed by atoms with Crippen molar-refractivity contribution in [1.82, 2.24) is 0 Å². The van der Waals surface area contributed by atoms with Crippen LogP contribution in [0.1, 0.15) is 36.0 Å². The third-order valence-corrected chi connectivity index (χ3v) is 4.50. The summed E-state index contributed by atoms with van der Waals surface area (Å²) < 4.78 is 0. The second-order valence-corrected chi connectivity index (χ2v) is 5.89. The molecule has 0 aromatic heterocycles. The van der Waals surface area contributed by atoms with Gasteiger partial charge in [0.2, 0.25) is 0 Å². The highest BCUT2D eigenvalue weighted by Crippen LogP contribution is 2.38.